The smallest absolute Gasteiger partial charge is 0.195 e. The van der Waals surface area contributed by atoms with Crippen molar-refractivity contribution in [1.29, 1.82) is 0 Å². The molecular formula is C14H7BrClFN2O. The molecule has 1 aromatic carbocycles. The lowest BCUT2D eigenvalue weighted by molar-refractivity contribution is 0.104. The molecular weight excluding hydrogens is 347 g/mol. The number of H-pyrrole nitrogens is 1. The number of aromatic nitrogens is 2. The van der Waals surface area contributed by atoms with E-state index < -0.39 is 5.82 Å². The molecule has 0 saturated heterocycles. The summed E-state index contributed by atoms with van der Waals surface area (Å²) in [5, 5.41) is 0.972. The van der Waals surface area contributed by atoms with Gasteiger partial charge in [0, 0.05) is 23.3 Å². The third-order valence-corrected chi connectivity index (χ3v) is 3.91. The van der Waals surface area contributed by atoms with Crippen LogP contribution in [0.4, 0.5) is 4.39 Å². The molecule has 1 N–H and O–H groups in total. The van der Waals surface area contributed by atoms with Crippen molar-refractivity contribution in [3.05, 3.63) is 63.1 Å². The fraction of sp³-hybridized carbons (Fsp3) is 0. The molecule has 0 radical (unpaired) electrons. The lowest BCUT2D eigenvalue weighted by Crippen LogP contribution is -2.01. The zero-order valence-corrected chi connectivity index (χ0v) is 12.3. The first kappa shape index (κ1) is 13.3. The third-order valence-electron chi connectivity index (χ3n) is 2.95. The Hall–Kier alpha value is -1.72. The van der Waals surface area contributed by atoms with Crippen molar-refractivity contribution in [3.63, 3.8) is 0 Å². The van der Waals surface area contributed by atoms with Crippen molar-refractivity contribution in [1.82, 2.24) is 9.97 Å². The van der Waals surface area contributed by atoms with E-state index >= 15 is 0 Å². The predicted octanol–water partition coefficient (Wildman–Crippen LogP) is 4.35. The van der Waals surface area contributed by atoms with Gasteiger partial charge in [-0.1, -0.05) is 11.6 Å². The lowest BCUT2D eigenvalue weighted by atomic mass is 10.0. The van der Waals surface area contributed by atoms with Crippen molar-refractivity contribution in [2.75, 3.05) is 0 Å². The quantitative estimate of drug-likeness (QED) is 0.696. The number of benzene rings is 1. The number of fused-ring (bicyclic) bond motifs is 1. The summed E-state index contributed by atoms with van der Waals surface area (Å²) >= 11 is 9.15. The molecule has 0 amide bonds. The van der Waals surface area contributed by atoms with Gasteiger partial charge < -0.3 is 4.98 Å². The Morgan fingerprint density at radius 2 is 2.15 bits per heavy atom. The number of pyridine rings is 1. The van der Waals surface area contributed by atoms with E-state index in [1.807, 2.05) is 0 Å². The van der Waals surface area contributed by atoms with Gasteiger partial charge in [0.25, 0.3) is 0 Å². The van der Waals surface area contributed by atoms with Crippen molar-refractivity contribution in [2.24, 2.45) is 0 Å². The molecule has 0 unspecified atom stereocenters. The first-order chi connectivity index (χ1) is 9.58. The maximum absolute atomic E-state index is 13.5. The maximum Gasteiger partial charge on any atom is 0.195 e. The predicted molar refractivity (Wildman–Crippen MR) is 78.6 cm³/mol. The Morgan fingerprint density at radius 1 is 1.35 bits per heavy atom. The van der Waals surface area contributed by atoms with Crippen molar-refractivity contribution < 1.29 is 9.18 Å². The summed E-state index contributed by atoms with van der Waals surface area (Å²) in [5.74, 6) is -0.794. The number of rotatable bonds is 2. The van der Waals surface area contributed by atoms with Crippen LogP contribution in [0.25, 0.3) is 11.0 Å². The first-order valence-electron chi connectivity index (χ1n) is 5.69. The minimum absolute atomic E-state index is 0.256. The van der Waals surface area contributed by atoms with E-state index in [4.69, 9.17) is 11.6 Å². The number of hydrogen-bond donors (Lipinski definition) is 1. The zero-order chi connectivity index (χ0) is 14.3. The van der Waals surface area contributed by atoms with Crippen molar-refractivity contribution in [2.45, 2.75) is 0 Å². The van der Waals surface area contributed by atoms with Gasteiger partial charge in [-0.05, 0) is 40.2 Å². The second-order valence-corrected chi connectivity index (χ2v) is 5.44. The number of nitrogens with one attached hydrogen (secondary N) is 1. The van der Waals surface area contributed by atoms with Gasteiger partial charge in [0.15, 0.2) is 5.78 Å². The number of nitrogens with zero attached hydrogens (tertiary/aromatic N) is 1. The highest BCUT2D eigenvalue weighted by Gasteiger charge is 2.17. The van der Waals surface area contributed by atoms with Crippen LogP contribution in [0.2, 0.25) is 5.02 Å². The van der Waals surface area contributed by atoms with Crippen molar-refractivity contribution >= 4 is 44.3 Å². The fourth-order valence-electron chi connectivity index (χ4n) is 1.99. The van der Waals surface area contributed by atoms with Crippen LogP contribution in [-0.2, 0) is 0 Å². The fourth-order valence-corrected chi connectivity index (χ4v) is 2.48. The van der Waals surface area contributed by atoms with E-state index in [-0.39, 0.29) is 11.3 Å². The van der Waals surface area contributed by atoms with Gasteiger partial charge in [-0.2, -0.15) is 0 Å². The van der Waals surface area contributed by atoms with E-state index in [2.05, 4.69) is 25.9 Å². The summed E-state index contributed by atoms with van der Waals surface area (Å²) in [7, 11) is 0. The molecule has 0 atom stereocenters. The average Bonchev–Trinajstić information content (AvgIpc) is 2.86. The minimum atomic E-state index is -0.486. The van der Waals surface area contributed by atoms with E-state index in [1.165, 1.54) is 18.3 Å². The molecule has 3 nitrogen and oxygen atoms in total. The van der Waals surface area contributed by atoms with E-state index in [0.29, 0.717) is 26.1 Å². The average molecular weight is 354 g/mol. The van der Waals surface area contributed by atoms with E-state index in [1.54, 1.807) is 18.3 Å². The van der Waals surface area contributed by atoms with Crippen LogP contribution < -0.4 is 0 Å². The van der Waals surface area contributed by atoms with Gasteiger partial charge in [-0.25, -0.2) is 9.37 Å². The minimum Gasteiger partial charge on any atom is -0.345 e. The third kappa shape index (κ3) is 2.13. The normalized spacial score (nSPS) is 10.9. The van der Waals surface area contributed by atoms with Gasteiger partial charge in [0.1, 0.15) is 11.5 Å². The molecule has 2 aromatic heterocycles. The molecule has 0 fully saturated rings. The Kier molecular flexibility index (Phi) is 3.31. The summed E-state index contributed by atoms with van der Waals surface area (Å²) in [6.45, 7) is 0. The zero-order valence-electron chi connectivity index (χ0n) is 9.95. The highest BCUT2D eigenvalue weighted by molar-refractivity contribution is 9.10. The highest BCUT2D eigenvalue weighted by atomic mass is 79.9. The van der Waals surface area contributed by atoms with Gasteiger partial charge in [0.2, 0.25) is 0 Å². The number of carbonyl (C=O) groups is 1. The number of ketones is 1. The standard InChI is InChI=1S/C14H7BrClFN2O/c15-9-2-1-7(5-11(9)17)13(20)8-6-19-14-12(8)10(16)3-4-18-14/h1-6H,(H,18,19). The molecule has 2 heterocycles. The molecule has 3 rings (SSSR count). The Bertz CT molecular complexity index is 831. The molecule has 100 valence electrons. The highest BCUT2D eigenvalue weighted by Crippen LogP contribution is 2.27. The molecule has 0 aliphatic heterocycles. The number of hydrogen-bond acceptors (Lipinski definition) is 2. The van der Waals surface area contributed by atoms with Crippen LogP contribution in [0.3, 0.4) is 0 Å². The Morgan fingerprint density at radius 3 is 2.90 bits per heavy atom. The topological polar surface area (TPSA) is 45.8 Å². The molecule has 6 heteroatoms. The van der Waals surface area contributed by atoms with Crippen LogP contribution in [0, 0.1) is 5.82 Å². The Labute approximate surface area is 126 Å². The van der Waals surface area contributed by atoms with Crippen LogP contribution in [-0.4, -0.2) is 15.8 Å². The molecule has 3 aromatic rings. The van der Waals surface area contributed by atoms with E-state index in [9.17, 15) is 9.18 Å². The second-order valence-electron chi connectivity index (χ2n) is 4.18. The molecule has 0 aliphatic rings. The first-order valence-corrected chi connectivity index (χ1v) is 6.86. The lowest BCUT2D eigenvalue weighted by Gasteiger charge is -2.02. The number of aromatic amines is 1. The van der Waals surface area contributed by atoms with Gasteiger partial charge in [-0.15, -0.1) is 0 Å². The SMILES string of the molecule is O=C(c1ccc(Br)c(F)c1)c1c[nH]c2nccc(Cl)c12. The summed E-state index contributed by atoms with van der Waals surface area (Å²) in [6.07, 6.45) is 3.08. The summed E-state index contributed by atoms with van der Waals surface area (Å²) in [5.41, 5.74) is 1.16. The molecule has 20 heavy (non-hydrogen) atoms. The number of halogens is 3. The molecule has 0 bridgehead atoms. The van der Waals surface area contributed by atoms with Gasteiger partial charge in [-0.3, -0.25) is 4.79 Å². The maximum atomic E-state index is 13.5. The van der Waals surface area contributed by atoms with Gasteiger partial charge in [0.05, 0.1) is 15.1 Å². The van der Waals surface area contributed by atoms with Crippen LogP contribution in [0.15, 0.2) is 41.1 Å². The largest absolute Gasteiger partial charge is 0.345 e. The van der Waals surface area contributed by atoms with Crippen molar-refractivity contribution in [3.8, 4) is 0 Å². The summed E-state index contributed by atoms with van der Waals surface area (Å²) in [6, 6.07) is 5.85. The summed E-state index contributed by atoms with van der Waals surface area (Å²) in [4.78, 5) is 19.4. The molecule has 0 saturated carbocycles. The van der Waals surface area contributed by atoms with E-state index in [0.717, 1.165) is 0 Å². The number of carbonyl (C=O) groups excluding carboxylic acids is 1. The monoisotopic (exact) mass is 352 g/mol. The second kappa shape index (κ2) is 5.00. The molecule has 0 aliphatic carbocycles. The summed E-state index contributed by atoms with van der Waals surface area (Å²) < 4.78 is 13.8. The Balaban J connectivity index is 2.15. The van der Waals surface area contributed by atoms with Crippen LogP contribution >= 0.6 is 27.5 Å². The van der Waals surface area contributed by atoms with Gasteiger partial charge >= 0.3 is 0 Å². The molecule has 0 spiro atoms. The van der Waals surface area contributed by atoms with Crippen LogP contribution in [0.5, 0.6) is 0 Å². The van der Waals surface area contributed by atoms with Crippen LogP contribution in [0.1, 0.15) is 15.9 Å².